The number of rotatable bonds is 2. The van der Waals surface area contributed by atoms with Gasteiger partial charge in [-0.05, 0) is 30.3 Å². The second kappa shape index (κ2) is 4.40. The Morgan fingerprint density at radius 2 is 1.95 bits per heavy atom. The number of ketones is 1. The second-order valence-corrected chi connectivity index (χ2v) is 4.58. The van der Waals surface area contributed by atoms with E-state index in [1.54, 1.807) is 42.7 Å². The predicted octanol–water partition coefficient (Wildman–Crippen LogP) is 3.03. The zero-order chi connectivity index (χ0) is 13.4. The van der Waals surface area contributed by atoms with E-state index in [1.165, 1.54) is 0 Å². The standard InChI is InChI=1S/C14H10ClN3O/c15-11-5-6-17-14-12(11)10(7-18-14)13(19)8-1-3-9(16)4-2-8/h1-7H,16H2,(H,17,18). The fourth-order valence-electron chi connectivity index (χ4n) is 1.99. The smallest absolute Gasteiger partial charge is 0.195 e. The van der Waals surface area contributed by atoms with Gasteiger partial charge in [0.15, 0.2) is 5.78 Å². The third-order valence-electron chi connectivity index (χ3n) is 2.94. The molecule has 0 unspecified atom stereocenters. The fraction of sp³-hybridized carbons (Fsp3) is 0. The maximum absolute atomic E-state index is 12.4. The van der Waals surface area contributed by atoms with E-state index in [0.717, 1.165) is 0 Å². The second-order valence-electron chi connectivity index (χ2n) is 4.17. The number of fused-ring (bicyclic) bond motifs is 1. The largest absolute Gasteiger partial charge is 0.399 e. The molecular formula is C14H10ClN3O. The van der Waals surface area contributed by atoms with Gasteiger partial charge in [-0.15, -0.1) is 0 Å². The SMILES string of the molecule is Nc1ccc(C(=O)c2c[nH]c3nccc(Cl)c23)cc1. The lowest BCUT2D eigenvalue weighted by Gasteiger charge is -2.01. The van der Waals surface area contributed by atoms with Crippen LogP contribution in [0, 0.1) is 0 Å². The molecule has 3 aromatic rings. The van der Waals surface area contributed by atoms with Gasteiger partial charge in [0.25, 0.3) is 0 Å². The lowest BCUT2D eigenvalue weighted by Crippen LogP contribution is -2.00. The molecule has 94 valence electrons. The minimum absolute atomic E-state index is 0.110. The average molecular weight is 272 g/mol. The van der Waals surface area contributed by atoms with E-state index >= 15 is 0 Å². The molecule has 3 N–H and O–H groups in total. The summed E-state index contributed by atoms with van der Waals surface area (Å²) in [5.74, 6) is -0.110. The van der Waals surface area contributed by atoms with Crippen LogP contribution in [-0.4, -0.2) is 15.8 Å². The Bertz CT molecular complexity index is 762. The first kappa shape index (κ1) is 11.7. The molecule has 0 aliphatic carbocycles. The molecular weight excluding hydrogens is 262 g/mol. The van der Waals surface area contributed by atoms with Crippen LogP contribution >= 0.6 is 11.6 Å². The number of nitrogen functional groups attached to an aromatic ring is 1. The van der Waals surface area contributed by atoms with E-state index in [-0.39, 0.29) is 5.78 Å². The molecule has 0 saturated heterocycles. The van der Waals surface area contributed by atoms with Crippen molar-refractivity contribution < 1.29 is 4.79 Å². The van der Waals surface area contributed by atoms with Crippen molar-refractivity contribution in [3.8, 4) is 0 Å². The van der Waals surface area contributed by atoms with Crippen LogP contribution in [0.5, 0.6) is 0 Å². The lowest BCUT2D eigenvalue weighted by atomic mass is 10.0. The number of aromatic amines is 1. The van der Waals surface area contributed by atoms with Crippen LogP contribution < -0.4 is 5.73 Å². The van der Waals surface area contributed by atoms with Crippen LogP contribution in [0.2, 0.25) is 5.02 Å². The van der Waals surface area contributed by atoms with Gasteiger partial charge in [0.1, 0.15) is 5.65 Å². The lowest BCUT2D eigenvalue weighted by molar-refractivity contribution is 0.104. The molecule has 3 rings (SSSR count). The maximum Gasteiger partial charge on any atom is 0.195 e. The first-order valence-corrected chi connectivity index (χ1v) is 6.06. The van der Waals surface area contributed by atoms with E-state index in [1.807, 2.05) is 0 Å². The number of pyridine rings is 1. The van der Waals surface area contributed by atoms with Crippen molar-refractivity contribution in [3.63, 3.8) is 0 Å². The molecule has 0 radical (unpaired) electrons. The number of halogens is 1. The predicted molar refractivity (Wildman–Crippen MR) is 75.4 cm³/mol. The summed E-state index contributed by atoms with van der Waals surface area (Å²) in [5.41, 5.74) is 7.91. The number of carbonyl (C=O) groups is 1. The first-order valence-electron chi connectivity index (χ1n) is 5.68. The Hall–Kier alpha value is -2.33. The van der Waals surface area contributed by atoms with Gasteiger partial charge in [-0.25, -0.2) is 4.98 Å². The highest BCUT2D eigenvalue weighted by molar-refractivity contribution is 6.37. The molecule has 2 aromatic heterocycles. The Balaban J connectivity index is 2.14. The molecule has 0 saturated carbocycles. The third-order valence-corrected chi connectivity index (χ3v) is 3.26. The van der Waals surface area contributed by atoms with Crippen LogP contribution in [0.1, 0.15) is 15.9 Å². The summed E-state index contributed by atoms with van der Waals surface area (Å²) in [6, 6.07) is 8.45. The van der Waals surface area contributed by atoms with Crippen LogP contribution in [0.4, 0.5) is 5.69 Å². The number of carbonyl (C=O) groups excluding carboxylic acids is 1. The van der Waals surface area contributed by atoms with Crippen molar-refractivity contribution >= 4 is 34.1 Å². The summed E-state index contributed by atoms with van der Waals surface area (Å²) < 4.78 is 0. The molecule has 0 amide bonds. The molecule has 0 fully saturated rings. The van der Waals surface area contributed by atoms with E-state index in [0.29, 0.717) is 32.9 Å². The average Bonchev–Trinajstić information content (AvgIpc) is 2.84. The highest BCUT2D eigenvalue weighted by Gasteiger charge is 2.16. The number of anilines is 1. The van der Waals surface area contributed by atoms with Crippen molar-refractivity contribution in [2.75, 3.05) is 5.73 Å². The van der Waals surface area contributed by atoms with E-state index in [9.17, 15) is 4.79 Å². The summed E-state index contributed by atoms with van der Waals surface area (Å²) in [5, 5.41) is 1.15. The minimum atomic E-state index is -0.110. The summed E-state index contributed by atoms with van der Waals surface area (Å²) in [6.07, 6.45) is 3.22. The number of nitrogens with one attached hydrogen (secondary N) is 1. The van der Waals surface area contributed by atoms with Crippen molar-refractivity contribution in [2.24, 2.45) is 0 Å². The highest BCUT2D eigenvalue weighted by Crippen LogP contribution is 2.26. The van der Waals surface area contributed by atoms with Gasteiger partial charge in [-0.1, -0.05) is 11.6 Å². The first-order chi connectivity index (χ1) is 9.16. The Morgan fingerprint density at radius 1 is 1.21 bits per heavy atom. The summed E-state index contributed by atoms with van der Waals surface area (Å²) in [6.45, 7) is 0. The number of nitrogens with two attached hydrogens (primary N) is 1. The maximum atomic E-state index is 12.4. The topological polar surface area (TPSA) is 71.8 Å². The molecule has 2 heterocycles. The van der Waals surface area contributed by atoms with Gasteiger partial charge in [-0.2, -0.15) is 0 Å². The number of aromatic nitrogens is 2. The van der Waals surface area contributed by atoms with E-state index in [4.69, 9.17) is 17.3 Å². The van der Waals surface area contributed by atoms with Gasteiger partial charge >= 0.3 is 0 Å². The van der Waals surface area contributed by atoms with Gasteiger partial charge < -0.3 is 10.7 Å². The van der Waals surface area contributed by atoms with Crippen molar-refractivity contribution in [1.29, 1.82) is 0 Å². The summed E-state index contributed by atoms with van der Waals surface area (Å²) >= 11 is 6.13. The summed E-state index contributed by atoms with van der Waals surface area (Å²) in [4.78, 5) is 19.5. The quantitative estimate of drug-likeness (QED) is 0.556. The Morgan fingerprint density at radius 3 is 2.68 bits per heavy atom. The van der Waals surface area contributed by atoms with Gasteiger partial charge in [0.05, 0.1) is 10.6 Å². The highest BCUT2D eigenvalue weighted by atomic mass is 35.5. The van der Waals surface area contributed by atoms with Gasteiger partial charge in [0.2, 0.25) is 0 Å². The van der Waals surface area contributed by atoms with Crippen LogP contribution in [0.15, 0.2) is 42.7 Å². The molecule has 19 heavy (non-hydrogen) atoms. The van der Waals surface area contributed by atoms with Crippen molar-refractivity contribution in [3.05, 3.63) is 58.9 Å². The van der Waals surface area contributed by atoms with E-state index in [2.05, 4.69) is 9.97 Å². The van der Waals surface area contributed by atoms with E-state index < -0.39 is 0 Å². The number of hydrogen-bond donors (Lipinski definition) is 2. The Labute approximate surface area is 114 Å². The minimum Gasteiger partial charge on any atom is -0.399 e. The molecule has 0 spiro atoms. The van der Waals surface area contributed by atoms with Gasteiger partial charge in [-0.3, -0.25) is 4.79 Å². The molecule has 0 aliphatic heterocycles. The fourth-order valence-corrected chi connectivity index (χ4v) is 2.23. The molecule has 0 aliphatic rings. The molecule has 4 nitrogen and oxygen atoms in total. The summed E-state index contributed by atoms with van der Waals surface area (Å²) in [7, 11) is 0. The van der Waals surface area contributed by atoms with Crippen molar-refractivity contribution in [1.82, 2.24) is 9.97 Å². The molecule has 5 heteroatoms. The van der Waals surface area contributed by atoms with Crippen molar-refractivity contribution in [2.45, 2.75) is 0 Å². The monoisotopic (exact) mass is 271 g/mol. The molecule has 0 atom stereocenters. The van der Waals surface area contributed by atoms with Gasteiger partial charge in [0, 0.05) is 29.0 Å². The van der Waals surface area contributed by atoms with Crippen LogP contribution in [-0.2, 0) is 0 Å². The number of H-pyrrole nitrogens is 1. The zero-order valence-electron chi connectivity index (χ0n) is 9.85. The molecule has 0 bridgehead atoms. The number of hydrogen-bond acceptors (Lipinski definition) is 3. The third kappa shape index (κ3) is 1.96. The number of benzene rings is 1. The number of nitrogens with zero attached hydrogens (tertiary/aromatic N) is 1. The van der Waals surface area contributed by atoms with Crippen LogP contribution in [0.25, 0.3) is 11.0 Å². The Kier molecular flexibility index (Phi) is 2.72. The normalized spacial score (nSPS) is 10.8. The van der Waals surface area contributed by atoms with Crippen LogP contribution in [0.3, 0.4) is 0 Å². The zero-order valence-corrected chi connectivity index (χ0v) is 10.6. The molecule has 1 aromatic carbocycles.